The van der Waals surface area contributed by atoms with Crippen molar-refractivity contribution in [1.29, 1.82) is 0 Å². The molecule has 0 aliphatic rings. The van der Waals surface area contributed by atoms with Crippen LogP contribution in [0.1, 0.15) is 35.7 Å². The highest BCUT2D eigenvalue weighted by Gasteiger charge is 2.16. The Bertz CT molecular complexity index is 828. The quantitative estimate of drug-likeness (QED) is 0.614. The van der Waals surface area contributed by atoms with Gasteiger partial charge in [0.05, 0.1) is 18.6 Å². The van der Waals surface area contributed by atoms with E-state index in [0.29, 0.717) is 5.02 Å². The fourth-order valence-electron chi connectivity index (χ4n) is 3.11. The minimum absolute atomic E-state index is 0.0474. The molecule has 0 radical (unpaired) electrons. The third kappa shape index (κ3) is 5.19. The van der Waals surface area contributed by atoms with Crippen molar-refractivity contribution < 1.29 is 4.79 Å². The second kappa shape index (κ2) is 9.36. The maximum absolute atomic E-state index is 12.5. The van der Waals surface area contributed by atoms with Crippen molar-refractivity contribution in [1.82, 2.24) is 10.6 Å². The molecule has 0 aliphatic carbocycles. The van der Waals surface area contributed by atoms with Crippen LogP contribution in [0.3, 0.4) is 0 Å². The second-order valence-corrected chi connectivity index (χ2v) is 6.85. The van der Waals surface area contributed by atoms with E-state index in [-0.39, 0.29) is 24.5 Å². The van der Waals surface area contributed by atoms with Crippen LogP contribution < -0.4 is 10.6 Å². The highest BCUT2D eigenvalue weighted by atomic mass is 35.5. The molecule has 0 saturated heterocycles. The summed E-state index contributed by atoms with van der Waals surface area (Å²) >= 11 is 6.22. The lowest BCUT2D eigenvalue weighted by atomic mass is 9.99. The third-order valence-electron chi connectivity index (χ3n) is 4.48. The molecule has 0 heterocycles. The van der Waals surface area contributed by atoms with Gasteiger partial charge in [-0.3, -0.25) is 10.1 Å². The van der Waals surface area contributed by atoms with E-state index in [2.05, 4.69) is 34.9 Å². The summed E-state index contributed by atoms with van der Waals surface area (Å²) in [4.78, 5) is 12.5. The van der Waals surface area contributed by atoms with E-state index in [9.17, 15) is 4.79 Å². The Labute approximate surface area is 165 Å². The molecule has 0 saturated carbocycles. The van der Waals surface area contributed by atoms with Gasteiger partial charge in [0.1, 0.15) is 0 Å². The number of benzene rings is 3. The third-order valence-corrected chi connectivity index (χ3v) is 4.83. The smallest absolute Gasteiger partial charge is 0.234 e. The fourth-order valence-corrected chi connectivity index (χ4v) is 3.41. The van der Waals surface area contributed by atoms with Gasteiger partial charge in [-0.1, -0.05) is 90.5 Å². The normalized spacial score (nSPS) is 12.0. The van der Waals surface area contributed by atoms with E-state index in [1.807, 2.05) is 67.6 Å². The highest BCUT2D eigenvalue weighted by Crippen LogP contribution is 2.23. The van der Waals surface area contributed by atoms with Gasteiger partial charge in [-0.15, -0.1) is 0 Å². The van der Waals surface area contributed by atoms with Crippen molar-refractivity contribution in [3.8, 4) is 0 Å². The number of carbonyl (C=O) groups is 1. The first-order valence-corrected chi connectivity index (χ1v) is 9.40. The first-order valence-electron chi connectivity index (χ1n) is 9.02. The molecule has 138 valence electrons. The molecule has 0 aromatic heterocycles. The van der Waals surface area contributed by atoms with Crippen molar-refractivity contribution in [3.63, 3.8) is 0 Å². The minimum Gasteiger partial charge on any atom is -0.348 e. The van der Waals surface area contributed by atoms with Crippen LogP contribution in [0.5, 0.6) is 0 Å². The van der Waals surface area contributed by atoms with E-state index in [1.54, 1.807) is 0 Å². The predicted octanol–water partition coefficient (Wildman–Crippen LogP) is 4.90. The monoisotopic (exact) mass is 378 g/mol. The molecular weight excluding hydrogens is 356 g/mol. The standard InChI is InChI=1S/C23H23ClN2O/c1-17(20-14-8-9-15-21(20)24)26-22(27)16-25-23(18-10-4-2-5-11-18)19-12-6-3-7-13-19/h2-15,17,23,25H,16H2,1H3,(H,26,27)/t17-/m0/s1. The summed E-state index contributed by atoms with van der Waals surface area (Å²) < 4.78 is 0. The van der Waals surface area contributed by atoms with Gasteiger partial charge < -0.3 is 5.32 Å². The zero-order valence-electron chi connectivity index (χ0n) is 15.2. The Morgan fingerprint density at radius 1 is 0.852 bits per heavy atom. The zero-order valence-corrected chi connectivity index (χ0v) is 16.0. The van der Waals surface area contributed by atoms with Crippen molar-refractivity contribution >= 4 is 17.5 Å². The van der Waals surface area contributed by atoms with E-state index in [4.69, 9.17) is 11.6 Å². The van der Waals surface area contributed by atoms with Gasteiger partial charge in [0.15, 0.2) is 0 Å². The Balaban J connectivity index is 1.67. The lowest BCUT2D eigenvalue weighted by Gasteiger charge is -2.21. The minimum atomic E-state index is -0.153. The molecule has 2 N–H and O–H groups in total. The van der Waals surface area contributed by atoms with Crippen molar-refractivity contribution in [2.45, 2.75) is 19.0 Å². The summed E-state index contributed by atoms with van der Waals surface area (Å²) in [5.41, 5.74) is 3.15. The maximum atomic E-state index is 12.5. The Morgan fingerprint density at radius 2 is 1.37 bits per heavy atom. The van der Waals surface area contributed by atoms with E-state index in [1.165, 1.54) is 0 Å². The number of amides is 1. The summed E-state index contributed by atoms with van der Waals surface area (Å²) in [6, 6.07) is 27.6. The van der Waals surface area contributed by atoms with Crippen LogP contribution in [0, 0.1) is 0 Å². The summed E-state index contributed by atoms with van der Waals surface area (Å²) in [6.07, 6.45) is 0. The Morgan fingerprint density at radius 3 is 1.93 bits per heavy atom. The molecule has 27 heavy (non-hydrogen) atoms. The first-order chi connectivity index (χ1) is 13.1. The average Bonchev–Trinajstić information content (AvgIpc) is 2.70. The lowest BCUT2D eigenvalue weighted by Crippen LogP contribution is -2.37. The van der Waals surface area contributed by atoms with Gasteiger partial charge in [0.2, 0.25) is 5.91 Å². The molecule has 0 fully saturated rings. The molecule has 0 bridgehead atoms. The van der Waals surface area contributed by atoms with Gasteiger partial charge in [0.25, 0.3) is 0 Å². The van der Waals surface area contributed by atoms with Crippen LogP contribution in [0.25, 0.3) is 0 Å². The number of halogens is 1. The van der Waals surface area contributed by atoms with Crippen LogP contribution in [0.15, 0.2) is 84.9 Å². The Hall–Kier alpha value is -2.62. The number of hydrogen-bond acceptors (Lipinski definition) is 2. The molecular formula is C23H23ClN2O. The van der Waals surface area contributed by atoms with Gasteiger partial charge in [-0.2, -0.15) is 0 Å². The zero-order chi connectivity index (χ0) is 19.1. The predicted molar refractivity (Wildman–Crippen MR) is 111 cm³/mol. The molecule has 0 aliphatic heterocycles. The SMILES string of the molecule is C[C@H](NC(=O)CNC(c1ccccc1)c1ccccc1)c1ccccc1Cl. The second-order valence-electron chi connectivity index (χ2n) is 6.45. The van der Waals surface area contributed by atoms with E-state index >= 15 is 0 Å². The average molecular weight is 379 g/mol. The molecule has 1 atom stereocenters. The van der Waals surface area contributed by atoms with E-state index < -0.39 is 0 Å². The van der Waals surface area contributed by atoms with Crippen LogP contribution in [0.2, 0.25) is 5.02 Å². The molecule has 3 rings (SSSR count). The Kier molecular flexibility index (Phi) is 6.64. The highest BCUT2D eigenvalue weighted by molar-refractivity contribution is 6.31. The van der Waals surface area contributed by atoms with Crippen LogP contribution >= 0.6 is 11.6 Å². The van der Waals surface area contributed by atoms with Gasteiger partial charge >= 0.3 is 0 Å². The van der Waals surface area contributed by atoms with Crippen LogP contribution in [-0.2, 0) is 4.79 Å². The molecule has 1 amide bonds. The lowest BCUT2D eigenvalue weighted by molar-refractivity contribution is -0.121. The number of rotatable bonds is 7. The molecule has 0 unspecified atom stereocenters. The summed E-state index contributed by atoms with van der Waals surface area (Å²) in [7, 11) is 0. The first kappa shape index (κ1) is 19.2. The summed E-state index contributed by atoms with van der Waals surface area (Å²) in [5, 5.41) is 7.05. The van der Waals surface area contributed by atoms with E-state index in [0.717, 1.165) is 16.7 Å². The summed E-state index contributed by atoms with van der Waals surface area (Å²) in [6.45, 7) is 2.15. The molecule has 3 aromatic rings. The summed E-state index contributed by atoms with van der Waals surface area (Å²) in [5.74, 6) is -0.0701. The maximum Gasteiger partial charge on any atom is 0.234 e. The van der Waals surface area contributed by atoms with Gasteiger partial charge in [-0.05, 0) is 29.7 Å². The number of hydrogen-bond donors (Lipinski definition) is 2. The van der Waals surface area contributed by atoms with Crippen molar-refractivity contribution in [3.05, 3.63) is 107 Å². The largest absolute Gasteiger partial charge is 0.348 e. The van der Waals surface area contributed by atoms with Gasteiger partial charge in [-0.25, -0.2) is 0 Å². The number of nitrogens with one attached hydrogen (secondary N) is 2. The van der Waals surface area contributed by atoms with Crippen molar-refractivity contribution in [2.24, 2.45) is 0 Å². The van der Waals surface area contributed by atoms with Gasteiger partial charge in [0, 0.05) is 5.02 Å². The fraction of sp³-hybridized carbons (Fsp3) is 0.174. The molecule has 0 spiro atoms. The molecule has 4 heteroatoms. The molecule has 3 aromatic carbocycles. The van der Waals surface area contributed by atoms with Crippen LogP contribution in [0.4, 0.5) is 0 Å². The van der Waals surface area contributed by atoms with Crippen molar-refractivity contribution in [2.75, 3.05) is 6.54 Å². The number of carbonyl (C=O) groups excluding carboxylic acids is 1. The topological polar surface area (TPSA) is 41.1 Å². The van der Waals surface area contributed by atoms with Crippen LogP contribution in [-0.4, -0.2) is 12.5 Å². The molecule has 3 nitrogen and oxygen atoms in total.